The molecule has 0 aliphatic heterocycles. The normalized spacial score (nSPS) is 21.9. The summed E-state index contributed by atoms with van der Waals surface area (Å²) in [6.07, 6.45) is 5.04. The molecule has 2 nitrogen and oxygen atoms in total. The average molecular weight is 388 g/mol. The molecule has 2 rings (SSSR count). The Morgan fingerprint density at radius 2 is 2.09 bits per heavy atom. The van der Waals surface area contributed by atoms with E-state index in [-0.39, 0.29) is 17.5 Å². The number of hydrogen-bond donors (Lipinski definition) is 0. The molecule has 0 radical (unpaired) electrons. The lowest BCUT2D eigenvalue weighted by Gasteiger charge is -2.22. The third-order valence-electron chi connectivity index (χ3n) is 4.11. The summed E-state index contributed by atoms with van der Waals surface area (Å²) in [5, 5.41) is 0.824. The molecule has 0 saturated heterocycles. The van der Waals surface area contributed by atoms with Gasteiger partial charge in [0.2, 0.25) is 0 Å². The van der Waals surface area contributed by atoms with E-state index in [1.165, 1.54) is 5.56 Å². The Morgan fingerprint density at radius 1 is 1.36 bits per heavy atom. The first kappa shape index (κ1) is 17.8. The molecular formula is C18H24BrClO2. The highest BCUT2D eigenvalue weighted by molar-refractivity contribution is 9.10. The van der Waals surface area contributed by atoms with Crippen molar-refractivity contribution in [1.29, 1.82) is 0 Å². The molecule has 1 aliphatic carbocycles. The minimum Gasteiger partial charge on any atom is -0.460 e. The Bertz CT molecular complexity index is 536. The number of hydrogen-bond acceptors (Lipinski definition) is 2. The van der Waals surface area contributed by atoms with Gasteiger partial charge in [0, 0.05) is 9.50 Å². The predicted octanol–water partition coefficient (Wildman–Crippen LogP) is 5.79. The van der Waals surface area contributed by atoms with Crippen molar-refractivity contribution in [3.8, 4) is 0 Å². The van der Waals surface area contributed by atoms with E-state index in [1.54, 1.807) is 0 Å². The first-order chi connectivity index (χ1) is 10.2. The maximum absolute atomic E-state index is 12.1. The predicted molar refractivity (Wildman–Crippen MR) is 94.1 cm³/mol. The van der Waals surface area contributed by atoms with E-state index in [4.69, 9.17) is 16.3 Å². The Balaban J connectivity index is 1.84. The number of carbonyl (C=O) groups is 1. The summed E-state index contributed by atoms with van der Waals surface area (Å²) in [7, 11) is 0. The smallest absolute Gasteiger partial charge is 0.309 e. The van der Waals surface area contributed by atoms with Gasteiger partial charge in [-0.2, -0.15) is 0 Å². The van der Waals surface area contributed by atoms with Gasteiger partial charge in [-0.3, -0.25) is 4.79 Å². The van der Waals surface area contributed by atoms with Gasteiger partial charge < -0.3 is 4.74 Å². The highest BCUT2D eigenvalue weighted by Crippen LogP contribution is 2.36. The zero-order chi connectivity index (χ0) is 16.3. The van der Waals surface area contributed by atoms with Crippen LogP contribution in [0.2, 0.25) is 5.02 Å². The number of carbonyl (C=O) groups excluding carboxylic acids is 1. The van der Waals surface area contributed by atoms with E-state index in [9.17, 15) is 4.79 Å². The average Bonchev–Trinajstić information content (AvgIpc) is 2.87. The van der Waals surface area contributed by atoms with Crippen molar-refractivity contribution in [1.82, 2.24) is 0 Å². The SMILES string of the molecule is CC(C)(C)OC(=O)C1CC[C@H](CCc2cc(Br)ccc2Cl)C1. The maximum Gasteiger partial charge on any atom is 0.309 e. The van der Waals surface area contributed by atoms with Crippen LogP contribution in [0.4, 0.5) is 0 Å². The second kappa shape index (κ2) is 7.35. The fourth-order valence-electron chi connectivity index (χ4n) is 3.03. The summed E-state index contributed by atoms with van der Waals surface area (Å²) < 4.78 is 6.56. The van der Waals surface area contributed by atoms with Gasteiger partial charge in [0.05, 0.1) is 5.92 Å². The van der Waals surface area contributed by atoms with Crippen LogP contribution in [0.25, 0.3) is 0 Å². The monoisotopic (exact) mass is 386 g/mol. The maximum atomic E-state index is 12.1. The number of esters is 1. The molecule has 2 atom stereocenters. The van der Waals surface area contributed by atoms with Gasteiger partial charge in [-0.15, -0.1) is 0 Å². The van der Waals surface area contributed by atoms with Gasteiger partial charge >= 0.3 is 5.97 Å². The van der Waals surface area contributed by atoms with E-state index in [1.807, 2.05) is 32.9 Å². The molecule has 22 heavy (non-hydrogen) atoms. The zero-order valence-electron chi connectivity index (χ0n) is 13.5. The largest absolute Gasteiger partial charge is 0.460 e. The van der Waals surface area contributed by atoms with Crippen LogP contribution in [-0.2, 0) is 16.0 Å². The first-order valence-corrected chi connectivity index (χ1v) is 9.08. The van der Waals surface area contributed by atoms with Crippen molar-refractivity contribution in [2.24, 2.45) is 11.8 Å². The lowest BCUT2D eigenvalue weighted by atomic mass is 9.97. The fourth-order valence-corrected chi connectivity index (χ4v) is 3.65. The van der Waals surface area contributed by atoms with Crippen LogP contribution in [0.1, 0.15) is 52.0 Å². The van der Waals surface area contributed by atoms with Crippen LogP contribution in [-0.4, -0.2) is 11.6 Å². The first-order valence-electron chi connectivity index (χ1n) is 7.91. The van der Waals surface area contributed by atoms with Gasteiger partial charge in [0.15, 0.2) is 0 Å². The summed E-state index contributed by atoms with van der Waals surface area (Å²) in [6, 6.07) is 5.97. The molecule has 1 aromatic carbocycles. The van der Waals surface area contributed by atoms with Crippen LogP contribution in [0, 0.1) is 11.8 Å². The van der Waals surface area contributed by atoms with Gasteiger partial charge in [0.1, 0.15) is 5.60 Å². The lowest BCUT2D eigenvalue weighted by molar-refractivity contribution is -0.159. The second-order valence-corrected chi connectivity index (χ2v) is 8.51. The number of benzene rings is 1. The summed E-state index contributed by atoms with van der Waals surface area (Å²) in [6.45, 7) is 5.77. The quantitative estimate of drug-likeness (QED) is 0.611. The highest BCUT2D eigenvalue weighted by atomic mass is 79.9. The molecular weight excluding hydrogens is 364 g/mol. The molecule has 122 valence electrons. The van der Waals surface area contributed by atoms with Crippen LogP contribution < -0.4 is 0 Å². The number of halogens is 2. The Morgan fingerprint density at radius 3 is 2.77 bits per heavy atom. The van der Waals surface area contributed by atoms with Crippen LogP contribution in [0.5, 0.6) is 0 Å². The molecule has 1 unspecified atom stereocenters. The van der Waals surface area contributed by atoms with Crippen LogP contribution in [0.3, 0.4) is 0 Å². The van der Waals surface area contributed by atoms with Crippen molar-refractivity contribution in [2.75, 3.05) is 0 Å². The topological polar surface area (TPSA) is 26.3 Å². The molecule has 1 aromatic rings. The summed E-state index contributed by atoms with van der Waals surface area (Å²) >= 11 is 9.72. The lowest BCUT2D eigenvalue weighted by Crippen LogP contribution is -2.27. The number of rotatable bonds is 4. The van der Waals surface area contributed by atoms with Crippen molar-refractivity contribution in [2.45, 2.75) is 58.5 Å². The molecule has 1 saturated carbocycles. The van der Waals surface area contributed by atoms with E-state index in [2.05, 4.69) is 22.0 Å². The Kier molecular flexibility index (Phi) is 5.95. The molecule has 0 aromatic heterocycles. The fraction of sp³-hybridized carbons (Fsp3) is 0.611. The molecule has 1 aliphatic rings. The molecule has 0 spiro atoms. The molecule has 1 fully saturated rings. The van der Waals surface area contributed by atoms with E-state index in [0.29, 0.717) is 5.92 Å². The third kappa shape index (κ3) is 5.27. The Hall–Kier alpha value is -0.540. The highest BCUT2D eigenvalue weighted by Gasteiger charge is 2.32. The van der Waals surface area contributed by atoms with Gasteiger partial charge in [-0.25, -0.2) is 0 Å². The Labute approximate surface area is 146 Å². The van der Waals surface area contributed by atoms with E-state index in [0.717, 1.165) is 41.6 Å². The van der Waals surface area contributed by atoms with Crippen molar-refractivity contribution in [3.63, 3.8) is 0 Å². The van der Waals surface area contributed by atoms with Crippen LogP contribution >= 0.6 is 27.5 Å². The number of aryl methyl sites for hydroxylation is 1. The summed E-state index contributed by atoms with van der Waals surface area (Å²) in [5.74, 6) is 0.630. The molecule has 0 N–H and O–H groups in total. The third-order valence-corrected chi connectivity index (χ3v) is 4.97. The standard InChI is InChI=1S/C18H24BrClO2/c1-18(2,3)22-17(21)14-7-5-12(10-14)4-6-13-11-15(19)8-9-16(13)20/h8-9,11-12,14H,4-7,10H2,1-3H3/t12-,14?/m0/s1. The minimum absolute atomic E-state index is 0.0320. The summed E-state index contributed by atoms with van der Waals surface area (Å²) in [5.41, 5.74) is 0.788. The zero-order valence-corrected chi connectivity index (χ0v) is 15.8. The van der Waals surface area contributed by atoms with Gasteiger partial charge in [-0.1, -0.05) is 27.5 Å². The van der Waals surface area contributed by atoms with E-state index < -0.39 is 0 Å². The van der Waals surface area contributed by atoms with Crippen molar-refractivity contribution in [3.05, 3.63) is 33.3 Å². The molecule has 0 heterocycles. The molecule has 0 bridgehead atoms. The minimum atomic E-state index is -0.390. The molecule has 0 amide bonds. The van der Waals surface area contributed by atoms with Crippen molar-refractivity contribution < 1.29 is 9.53 Å². The second-order valence-electron chi connectivity index (χ2n) is 7.18. The van der Waals surface area contributed by atoms with Gasteiger partial charge in [0.25, 0.3) is 0 Å². The summed E-state index contributed by atoms with van der Waals surface area (Å²) in [4.78, 5) is 12.1. The van der Waals surface area contributed by atoms with Gasteiger partial charge in [-0.05, 0) is 82.6 Å². The van der Waals surface area contributed by atoms with Crippen molar-refractivity contribution >= 4 is 33.5 Å². The number of ether oxygens (including phenoxy) is 1. The van der Waals surface area contributed by atoms with E-state index >= 15 is 0 Å². The van der Waals surface area contributed by atoms with Crippen LogP contribution in [0.15, 0.2) is 22.7 Å². The molecule has 4 heteroatoms.